The third kappa shape index (κ3) is 5.05. The molecule has 1 N–H and O–H groups in total. The van der Waals surface area contributed by atoms with Crippen LogP contribution in [0.4, 0.5) is 0 Å². The molecule has 1 aromatic heterocycles. The van der Waals surface area contributed by atoms with E-state index in [2.05, 4.69) is 4.90 Å². The maximum Gasteiger partial charge on any atom is 0.290 e. The molecule has 0 bridgehead atoms. The quantitative estimate of drug-likeness (QED) is 0.387. The minimum absolute atomic E-state index is 0.00844. The van der Waals surface area contributed by atoms with E-state index in [9.17, 15) is 14.7 Å². The number of fused-ring (bicyclic) bond motifs is 1. The van der Waals surface area contributed by atoms with Crippen molar-refractivity contribution in [3.05, 3.63) is 65.1 Å². The standard InChI is InChI=1S/C29H32N2O8/c1-35-19-8-9-21(36-2)20(17-19)25-24(26(32)23-16-18-6-4-7-22(37-3)28(18)39-23)27(33)29(34)31(25)11-5-10-30-12-14-38-15-13-30/h4,6-9,16-17,25,33H,5,10-15H2,1-3H3/t25-/m0/s1. The van der Waals surface area contributed by atoms with Gasteiger partial charge < -0.3 is 33.4 Å². The zero-order valence-corrected chi connectivity index (χ0v) is 22.3. The van der Waals surface area contributed by atoms with Crippen LogP contribution in [0.25, 0.3) is 11.0 Å². The maximum absolute atomic E-state index is 14.0. The Morgan fingerprint density at radius 2 is 1.77 bits per heavy atom. The Morgan fingerprint density at radius 3 is 2.49 bits per heavy atom. The van der Waals surface area contributed by atoms with Gasteiger partial charge in [-0.15, -0.1) is 0 Å². The van der Waals surface area contributed by atoms with E-state index in [4.69, 9.17) is 23.4 Å². The van der Waals surface area contributed by atoms with Gasteiger partial charge in [0.2, 0.25) is 5.78 Å². The van der Waals surface area contributed by atoms with Crippen LogP contribution in [0.15, 0.2) is 58.2 Å². The van der Waals surface area contributed by atoms with E-state index in [1.54, 1.807) is 42.5 Å². The highest BCUT2D eigenvalue weighted by Gasteiger charge is 2.45. The number of hydrogen-bond donors (Lipinski definition) is 1. The van der Waals surface area contributed by atoms with Gasteiger partial charge >= 0.3 is 0 Å². The molecule has 206 valence electrons. The smallest absolute Gasteiger partial charge is 0.290 e. The van der Waals surface area contributed by atoms with Crippen LogP contribution in [0.5, 0.6) is 17.2 Å². The molecule has 2 aromatic carbocycles. The summed E-state index contributed by atoms with van der Waals surface area (Å²) >= 11 is 0. The Bertz CT molecular complexity index is 1410. The molecule has 10 nitrogen and oxygen atoms in total. The lowest BCUT2D eigenvalue weighted by Gasteiger charge is -2.30. The number of Topliss-reactive ketones (excluding diaryl/α,β-unsaturated/α-hetero) is 1. The summed E-state index contributed by atoms with van der Waals surface area (Å²) in [6.45, 7) is 4.07. The van der Waals surface area contributed by atoms with Gasteiger partial charge in [-0.3, -0.25) is 14.5 Å². The van der Waals surface area contributed by atoms with Gasteiger partial charge in [-0.2, -0.15) is 0 Å². The summed E-state index contributed by atoms with van der Waals surface area (Å²) in [5.41, 5.74) is 0.860. The molecule has 1 atom stereocenters. The number of carbonyl (C=O) groups excluding carboxylic acids is 2. The van der Waals surface area contributed by atoms with Crippen molar-refractivity contribution in [3.8, 4) is 17.2 Å². The molecule has 1 amide bonds. The van der Waals surface area contributed by atoms with Crippen molar-refractivity contribution in [3.63, 3.8) is 0 Å². The van der Waals surface area contributed by atoms with E-state index in [0.717, 1.165) is 19.6 Å². The Morgan fingerprint density at radius 1 is 1.00 bits per heavy atom. The second kappa shape index (κ2) is 11.4. The van der Waals surface area contributed by atoms with Crippen LogP contribution in [0.1, 0.15) is 28.6 Å². The predicted octanol–water partition coefficient (Wildman–Crippen LogP) is 3.76. The summed E-state index contributed by atoms with van der Waals surface area (Å²) in [5, 5.41) is 11.8. The van der Waals surface area contributed by atoms with Gasteiger partial charge in [0.1, 0.15) is 11.5 Å². The summed E-state index contributed by atoms with van der Waals surface area (Å²) in [4.78, 5) is 31.2. The van der Waals surface area contributed by atoms with E-state index in [1.807, 2.05) is 0 Å². The summed E-state index contributed by atoms with van der Waals surface area (Å²) < 4.78 is 27.8. The van der Waals surface area contributed by atoms with Crippen molar-refractivity contribution in [2.24, 2.45) is 0 Å². The topological polar surface area (TPSA) is 111 Å². The number of aliphatic hydroxyl groups excluding tert-OH is 1. The Kier molecular flexibility index (Phi) is 7.76. The number of ether oxygens (including phenoxy) is 4. The average molecular weight is 537 g/mol. The highest BCUT2D eigenvalue weighted by molar-refractivity contribution is 6.16. The van der Waals surface area contributed by atoms with E-state index < -0.39 is 23.5 Å². The van der Waals surface area contributed by atoms with Gasteiger partial charge in [-0.1, -0.05) is 12.1 Å². The Hall–Kier alpha value is -4.02. The monoisotopic (exact) mass is 536 g/mol. The molecule has 0 radical (unpaired) electrons. The molecule has 1 saturated heterocycles. The number of amides is 1. The molecule has 10 heteroatoms. The average Bonchev–Trinajstić information content (AvgIpc) is 3.52. The van der Waals surface area contributed by atoms with E-state index in [1.165, 1.54) is 26.2 Å². The van der Waals surface area contributed by atoms with E-state index in [-0.39, 0.29) is 11.3 Å². The summed E-state index contributed by atoms with van der Waals surface area (Å²) in [5.74, 6) is -0.368. The first kappa shape index (κ1) is 26.6. The fourth-order valence-electron chi connectivity index (χ4n) is 5.22. The zero-order valence-electron chi connectivity index (χ0n) is 22.3. The Balaban J connectivity index is 1.53. The van der Waals surface area contributed by atoms with Crippen molar-refractivity contribution >= 4 is 22.7 Å². The minimum Gasteiger partial charge on any atom is -0.503 e. The molecule has 5 rings (SSSR count). The number of hydrogen-bond acceptors (Lipinski definition) is 9. The molecule has 2 aliphatic rings. The van der Waals surface area contributed by atoms with Gasteiger partial charge in [-0.05, 0) is 36.8 Å². The number of methoxy groups -OCH3 is 3. The van der Waals surface area contributed by atoms with Crippen molar-refractivity contribution in [2.75, 3.05) is 60.7 Å². The number of aliphatic hydroxyl groups is 1. The fourth-order valence-corrected chi connectivity index (χ4v) is 5.22. The molecule has 0 saturated carbocycles. The molecule has 1 fully saturated rings. The highest BCUT2D eigenvalue weighted by atomic mass is 16.5. The molecule has 2 aliphatic heterocycles. The molecule has 3 aromatic rings. The van der Waals surface area contributed by atoms with Crippen LogP contribution in [-0.4, -0.2) is 87.3 Å². The molecule has 0 aliphatic carbocycles. The first-order valence-corrected chi connectivity index (χ1v) is 12.8. The first-order valence-electron chi connectivity index (χ1n) is 12.8. The highest BCUT2D eigenvalue weighted by Crippen LogP contribution is 2.44. The lowest BCUT2D eigenvalue weighted by Crippen LogP contribution is -2.39. The number of nitrogens with zero attached hydrogens (tertiary/aromatic N) is 2. The lowest BCUT2D eigenvalue weighted by molar-refractivity contribution is -0.129. The third-order valence-electron chi connectivity index (χ3n) is 7.21. The number of furan rings is 1. The van der Waals surface area contributed by atoms with Gasteiger partial charge in [0.15, 0.2) is 22.9 Å². The molecule has 0 spiro atoms. The number of ketones is 1. The predicted molar refractivity (Wildman–Crippen MR) is 143 cm³/mol. The second-order valence-electron chi connectivity index (χ2n) is 9.40. The van der Waals surface area contributed by atoms with Gasteiger partial charge in [0, 0.05) is 37.1 Å². The van der Waals surface area contributed by atoms with Gasteiger partial charge in [-0.25, -0.2) is 0 Å². The summed E-state index contributed by atoms with van der Waals surface area (Å²) in [6, 6.07) is 11.2. The normalized spacial score (nSPS) is 18.2. The SMILES string of the molecule is COc1ccc(OC)c([C@H]2C(C(=O)c3cc4cccc(OC)c4o3)=C(O)C(=O)N2CCCN2CCOCC2)c1. The first-order chi connectivity index (χ1) is 19.0. The van der Waals surface area contributed by atoms with Crippen molar-refractivity contribution in [1.82, 2.24) is 9.80 Å². The number of morpholine rings is 1. The van der Waals surface area contributed by atoms with E-state index >= 15 is 0 Å². The number of rotatable bonds is 10. The number of carbonyl (C=O) groups is 2. The van der Waals surface area contributed by atoms with Gasteiger partial charge in [0.05, 0.1) is 46.2 Å². The molecule has 0 unspecified atom stereocenters. The van der Waals surface area contributed by atoms with Crippen molar-refractivity contribution in [1.29, 1.82) is 0 Å². The van der Waals surface area contributed by atoms with Crippen LogP contribution >= 0.6 is 0 Å². The van der Waals surface area contributed by atoms with Crippen molar-refractivity contribution < 1.29 is 38.1 Å². The summed E-state index contributed by atoms with van der Waals surface area (Å²) in [6.07, 6.45) is 0.644. The third-order valence-corrected chi connectivity index (χ3v) is 7.21. The zero-order chi connectivity index (χ0) is 27.5. The van der Waals surface area contributed by atoms with Gasteiger partial charge in [0.25, 0.3) is 5.91 Å². The maximum atomic E-state index is 14.0. The molecular formula is C29H32N2O8. The summed E-state index contributed by atoms with van der Waals surface area (Å²) in [7, 11) is 4.57. The number of para-hydroxylation sites is 1. The van der Waals surface area contributed by atoms with Crippen LogP contribution in [0, 0.1) is 0 Å². The lowest BCUT2D eigenvalue weighted by atomic mass is 9.94. The molecule has 3 heterocycles. The van der Waals surface area contributed by atoms with Crippen LogP contribution < -0.4 is 14.2 Å². The van der Waals surface area contributed by atoms with Crippen LogP contribution in [-0.2, 0) is 9.53 Å². The van der Waals surface area contributed by atoms with Crippen molar-refractivity contribution in [2.45, 2.75) is 12.5 Å². The molecular weight excluding hydrogens is 504 g/mol. The Labute approximate surface area is 226 Å². The number of benzene rings is 2. The fraction of sp³-hybridized carbons (Fsp3) is 0.379. The van der Waals surface area contributed by atoms with Crippen LogP contribution in [0.2, 0.25) is 0 Å². The van der Waals surface area contributed by atoms with E-state index in [0.29, 0.717) is 60.0 Å². The minimum atomic E-state index is -0.908. The molecule has 39 heavy (non-hydrogen) atoms. The largest absolute Gasteiger partial charge is 0.503 e. The van der Waals surface area contributed by atoms with Crippen LogP contribution in [0.3, 0.4) is 0 Å². The second-order valence-corrected chi connectivity index (χ2v) is 9.40.